The molecule has 9 heavy (non-hydrogen) atoms. The lowest BCUT2D eigenvalue weighted by atomic mass is 11.5. The van der Waals surface area contributed by atoms with E-state index in [2.05, 4.69) is 0 Å². The molecular weight excluding hydrogens is 132 g/mol. The van der Waals surface area contributed by atoms with Gasteiger partial charge in [0, 0.05) is 7.11 Å². The van der Waals surface area contributed by atoms with Crippen molar-refractivity contribution in [3.05, 3.63) is 5.21 Å². The van der Waals surface area contributed by atoms with Gasteiger partial charge in [-0.1, -0.05) is 0 Å². The van der Waals surface area contributed by atoms with Crippen LogP contribution in [0.1, 0.15) is 0 Å². The fourth-order valence-corrected chi connectivity index (χ4v) is 0. The molecule has 0 rings (SSSR count). The first-order valence-corrected chi connectivity index (χ1v) is 1.39. The fraction of sp³-hybridized carbons (Fsp3) is 0.500. The standard InChI is InChI=1S/CH2O3.CH4O.H3NO.H3N/c2-1(3)4;2*1-2;/h(H2,2,3,4);2H,1H3;1H3;1H3. The lowest BCUT2D eigenvalue weighted by Gasteiger charge is -1.60. The number of hydrogen-bond donors (Lipinski definition) is 5. The molecular formula is C2H12N2O5. The van der Waals surface area contributed by atoms with E-state index in [0.29, 0.717) is 0 Å². The summed E-state index contributed by atoms with van der Waals surface area (Å²) in [6, 6.07) is 0. The molecule has 60 valence electrons. The normalized spacial score (nSPS) is 4.00. The van der Waals surface area contributed by atoms with E-state index in [9.17, 15) is 0 Å². The van der Waals surface area contributed by atoms with Crippen LogP contribution in [-0.2, 0) is 0 Å². The summed E-state index contributed by atoms with van der Waals surface area (Å²) in [5, 5.41) is 28.9. The summed E-state index contributed by atoms with van der Waals surface area (Å²) >= 11 is 0. The number of rotatable bonds is 0. The van der Waals surface area contributed by atoms with Gasteiger partial charge in [-0.3, -0.25) is 0 Å². The predicted octanol–water partition coefficient (Wildman–Crippen LogP) is -1.28. The van der Waals surface area contributed by atoms with Gasteiger partial charge in [0.15, 0.2) is 0 Å². The van der Waals surface area contributed by atoms with Crippen molar-refractivity contribution >= 4 is 6.16 Å². The first-order valence-electron chi connectivity index (χ1n) is 1.39. The molecule has 0 unspecified atom stereocenters. The van der Waals surface area contributed by atoms with Crippen LogP contribution in [0.3, 0.4) is 0 Å². The zero-order chi connectivity index (χ0) is 7.58. The molecule has 0 aromatic rings. The Morgan fingerprint density at radius 3 is 1.33 bits per heavy atom. The molecule has 0 amide bonds. The second-order valence-electron chi connectivity index (χ2n) is 0.283. The summed E-state index contributed by atoms with van der Waals surface area (Å²) in [5.41, 5.74) is 0. The van der Waals surface area contributed by atoms with Gasteiger partial charge < -0.3 is 32.6 Å². The van der Waals surface area contributed by atoms with Gasteiger partial charge in [0.1, 0.15) is 0 Å². The molecule has 0 aromatic heterocycles. The summed E-state index contributed by atoms with van der Waals surface area (Å²) in [7, 11) is 1.00. The summed E-state index contributed by atoms with van der Waals surface area (Å²) in [6.07, 6.45) is -1.83. The molecule has 0 saturated heterocycles. The van der Waals surface area contributed by atoms with Crippen molar-refractivity contribution in [2.75, 3.05) is 7.11 Å². The Hall–Kier alpha value is -0.890. The smallest absolute Gasteiger partial charge is 0.503 e. The monoisotopic (exact) mass is 144 g/mol. The van der Waals surface area contributed by atoms with Crippen molar-refractivity contribution in [3.63, 3.8) is 0 Å². The minimum atomic E-state index is -1.83. The Kier molecular flexibility index (Phi) is 161. The van der Waals surface area contributed by atoms with Crippen molar-refractivity contribution < 1.29 is 26.0 Å². The minimum Gasteiger partial charge on any atom is -0.637 e. The SMILES string of the molecule is CO.N.O=C(O)O.[NH3+][O-]. The van der Waals surface area contributed by atoms with Gasteiger partial charge in [-0.05, 0) is 0 Å². The average Bonchev–Trinajstić information content (AvgIpc) is 1.75. The van der Waals surface area contributed by atoms with E-state index in [0.717, 1.165) is 7.11 Å². The average molecular weight is 144 g/mol. The summed E-state index contributed by atoms with van der Waals surface area (Å²) in [6.45, 7) is 0. The van der Waals surface area contributed by atoms with E-state index in [1.165, 1.54) is 0 Å². The minimum absolute atomic E-state index is 0. The third-order valence-electron chi connectivity index (χ3n) is 0. The molecule has 0 spiro atoms. The molecule has 0 atom stereocenters. The first kappa shape index (κ1) is 24.3. The van der Waals surface area contributed by atoms with Gasteiger partial charge >= 0.3 is 6.16 Å². The topological polar surface area (TPSA) is 163 Å². The Morgan fingerprint density at radius 1 is 1.33 bits per heavy atom. The lowest BCUT2D eigenvalue weighted by molar-refractivity contribution is -0.275. The Balaban J connectivity index is -0.0000000221. The van der Waals surface area contributed by atoms with Gasteiger partial charge in [0.05, 0.1) is 0 Å². The number of aliphatic hydroxyl groups excluding tert-OH is 1. The highest BCUT2D eigenvalue weighted by Gasteiger charge is 1.70. The Bertz CT molecular complexity index is 35.9. The maximum Gasteiger partial charge on any atom is 0.503 e. The molecule has 0 fully saturated rings. The van der Waals surface area contributed by atoms with Gasteiger partial charge in [0.2, 0.25) is 0 Å². The third-order valence-corrected chi connectivity index (χ3v) is 0. The molecule has 0 heterocycles. The van der Waals surface area contributed by atoms with Crippen LogP contribution in [0.4, 0.5) is 4.79 Å². The van der Waals surface area contributed by atoms with Crippen LogP contribution in [0.15, 0.2) is 0 Å². The molecule has 0 aliphatic carbocycles. The third kappa shape index (κ3) is 234. The summed E-state index contributed by atoms with van der Waals surface area (Å²) in [5.74, 6) is 2.00. The number of quaternary nitrogens is 1. The molecule has 0 bridgehead atoms. The van der Waals surface area contributed by atoms with Gasteiger partial charge in [-0.25, -0.2) is 4.79 Å². The first-order chi connectivity index (χ1) is 3.73. The summed E-state index contributed by atoms with van der Waals surface area (Å²) in [4.78, 5) is 8.56. The summed E-state index contributed by atoms with van der Waals surface area (Å²) < 4.78 is 0. The van der Waals surface area contributed by atoms with Crippen LogP contribution in [-0.4, -0.2) is 28.6 Å². The molecule has 0 saturated carbocycles. The van der Waals surface area contributed by atoms with Crippen LogP contribution in [0.2, 0.25) is 0 Å². The van der Waals surface area contributed by atoms with Crippen molar-refractivity contribution in [1.82, 2.24) is 6.15 Å². The highest BCUT2D eigenvalue weighted by Crippen LogP contribution is 1.42. The van der Waals surface area contributed by atoms with Crippen LogP contribution in [0.5, 0.6) is 0 Å². The molecule has 7 heteroatoms. The quantitative estimate of drug-likeness (QED) is 0.265. The van der Waals surface area contributed by atoms with Crippen LogP contribution in [0.25, 0.3) is 0 Å². The Labute approximate surface area is 51.9 Å². The zero-order valence-corrected chi connectivity index (χ0v) is 5.07. The second-order valence-corrected chi connectivity index (χ2v) is 0.283. The molecule has 0 aliphatic heterocycles. The number of aliphatic hydroxyl groups is 1. The molecule has 9 N–H and O–H groups in total. The van der Waals surface area contributed by atoms with E-state index in [1.807, 2.05) is 5.90 Å². The lowest BCUT2D eigenvalue weighted by Crippen LogP contribution is -2.37. The number of carbonyl (C=O) groups is 1. The van der Waals surface area contributed by atoms with E-state index in [-0.39, 0.29) is 6.15 Å². The predicted molar refractivity (Wildman–Crippen MR) is 30.1 cm³/mol. The Morgan fingerprint density at radius 2 is 1.33 bits per heavy atom. The van der Waals surface area contributed by atoms with E-state index in [1.54, 1.807) is 0 Å². The van der Waals surface area contributed by atoms with Crippen molar-refractivity contribution in [2.45, 2.75) is 0 Å². The van der Waals surface area contributed by atoms with Crippen LogP contribution >= 0.6 is 0 Å². The highest BCUT2D eigenvalue weighted by atomic mass is 16.6. The van der Waals surface area contributed by atoms with Gasteiger partial charge in [-0.2, -0.15) is 0 Å². The van der Waals surface area contributed by atoms with Crippen LogP contribution in [0, 0.1) is 5.21 Å². The largest absolute Gasteiger partial charge is 0.637 e. The van der Waals surface area contributed by atoms with E-state index in [4.69, 9.17) is 25.3 Å². The number of carboxylic acid groups (broad SMARTS) is 2. The molecule has 0 radical (unpaired) electrons. The van der Waals surface area contributed by atoms with Crippen molar-refractivity contribution in [1.29, 1.82) is 0 Å². The van der Waals surface area contributed by atoms with Gasteiger partial charge in [0.25, 0.3) is 0 Å². The number of hydrogen-bond acceptors (Lipinski definition) is 4. The van der Waals surface area contributed by atoms with Crippen molar-refractivity contribution in [3.8, 4) is 0 Å². The van der Waals surface area contributed by atoms with E-state index >= 15 is 0 Å². The molecule has 0 aliphatic rings. The maximum atomic E-state index is 8.56. The second kappa shape index (κ2) is 59.6. The maximum absolute atomic E-state index is 8.56. The highest BCUT2D eigenvalue weighted by molar-refractivity contribution is 5.53. The van der Waals surface area contributed by atoms with Crippen LogP contribution < -0.4 is 12.0 Å². The molecule has 0 aromatic carbocycles. The fourth-order valence-electron chi connectivity index (χ4n) is 0. The van der Waals surface area contributed by atoms with E-state index < -0.39 is 6.16 Å². The van der Waals surface area contributed by atoms with Crippen molar-refractivity contribution in [2.24, 2.45) is 0 Å². The zero-order valence-electron chi connectivity index (χ0n) is 5.07. The van der Waals surface area contributed by atoms with Gasteiger partial charge in [-0.15, -0.1) is 0 Å². The molecule has 7 nitrogen and oxygen atoms in total.